The van der Waals surface area contributed by atoms with Crippen LogP contribution in [0.2, 0.25) is 0 Å². The van der Waals surface area contributed by atoms with Crippen LogP contribution < -0.4 is 0 Å². The summed E-state index contributed by atoms with van der Waals surface area (Å²) in [6.45, 7) is 6.50. The number of hydrogen-bond acceptors (Lipinski definition) is 6. The third-order valence-corrected chi connectivity index (χ3v) is 12.4. The molecule has 0 aliphatic heterocycles. The predicted octanol–water partition coefficient (Wildman–Crippen LogP) is 19.4. The number of ether oxygens (including phenoxy) is 3. The van der Waals surface area contributed by atoms with Crippen molar-refractivity contribution in [3.05, 3.63) is 72.9 Å². The number of carbonyl (C=O) groups is 3. The van der Waals surface area contributed by atoms with Crippen LogP contribution in [0.15, 0.2) is 72.9 Å². The molecule has 0 aliphatic rings. The van der Waals surface area contributed by atoms with Crippen molar-refractivity contribution in [3.8, 4) is 0 Å². The first-order valence-corrected chi connectivity index (χ1v) is 28.9. The molecule has 0 spiro atoms. The molecule has 1 unspecified atom stereocenters. The first kappa shape index (κ1) is 64.8. The van der Waals surface area contributed by atoms with Gasteiger partial charge in [0.2, 0.25) is 0 Å². The van der Waals surface area contributed by atoms with E-state index in [1.807, 2.05) is 0 Å². The maximum absolute atomic E-state index is 12.9. The number of unbranched alkanes of at least 4 members (excludes halogenated alkanes) is 29. The Morgan fingerprint density at radius 3 is 0.941 bits per heavy atom. The van der Waals surface area contributed by atoms with Crippen molar-refractivity contribution in [2.45, 2.75) is 290 Å². The molecule has 1 atom stereocenters. The van der Waals surface area contributed by atoms with Crippen LogP contribution in [-0.4, -0.2) is 37.2 Å². The second-order valence-corrected chi connectivity index (χ2v) is 19.2. The Labute approximate surface area is 421 Å². The smallest absolute Gasteiger partial charge is 0.306 e. The minimum atomic E-state index is -0.786. The summed E-state index contributed by atoms with van der Waals surface area (Å²) in [4.78, 5) is 38.2. The van der Waals surface area contributed by atoms with Gasteiger partial charge < -0.3 is 14.2 Å². The van der Waals surface area contributed by atoms with Crippen LogP contribution in [0.25, 0.3) is 0 Å². The van der Waals surface area contributed by atoms with E-state index in [1.54, 1.807) is 0 Å². The molecule has 68 heavy (non-hydrogen) atoms. The summed E-state index contributed by atoms with van der Waals surface area (Å²) in [5.74, 6) is -0.898. The molecule has 0 aromatic rings. The molecule has 0 amide bonds. The van der Waals surface area contributed by atoms with Crippen LogP contribution in [0.4, 0.5) is 0 Å². The van der Waals surface area contributed by atoms with Gasteiger partial charge in [-0.3, -0.25) is 14.4 Å². The van der Waals surface area contributed by atoms with E-state index in [1.165, 1.54) is 148 Å². The monoisotopic (exact) mass is 949 g/mol. The second kappa shape index (κ2) is 56.4. The standard InChI is InChI=1S/C62H108O6/c1-4-7-10-13-16-19-22-25-28-30-31-33-34-37-40-43-46-49-52-55-61(64)67-58-59(57-66-60(63)54-51-48-45-42-39-36-27-24-21-18-15-12-9-6-3)68-62(65)56-53-50-47-44-41-38-35-32-29-26-23-20-17-14-11-8-5-2/h8,11,16-17,19-20,24-29,59H,4-7,9-10,12-15,18,21-23,30-58H2,1-3H3/b11-8-,19-16-,20-17-,27-24-,28-25-,29-26-. The van der Waals surface area contributed by atoms with Gasteiger partial charge in [-0.05, 0) is 109 Å². The second-order valence-electron chi connectivity index (χ2n) is 19.2. The Morgan fingerprint density at radius 1 is 0.309 bits per heavy atom. The molecule has 6 heteroatoms. The first-order valence-electron chi connectivity index (χ1n) is 28.9. The zero-order chi connectivity index (χ0) is 49.3. The average molecular weight is 950 g/mol. The minimum Gasteiger partial charge on any atom is -0.462 e. The van der Waals surface area contributed by atoms with Gasteiger partial charge in [-0.2, -0.15) is 0 Å². The van der Waals surface area contributed by atoms with Crippen LogP contribution in [0.5, 0.6) is 0 Å². The molecule has 0 saturated heterocycles. The lowest BCUT2D eigenvalue weighted by molar-refractivity contribution is -0.167. The minimum absolute atomic E-state index is 0.0837. The lowest BCUT2D eigenvalue weighted by Crippen LogP contribution is -2.30. The average Bonchev–Trinajstić information content (AvgIpc) is 3.34. The summed E-state index contributed by atoms with van der Waals surface area (Å²) >= 11 is 0. The van der Waals surface area contributed by atoms with Crippen molar-refractivity contribution >= 4 is 17.9 Å². The molecule has 0 aromatic carbocycles. The number of allylic oxidation sites excluding steroid dienone is 12. The van der Waals surface area contributed by atoms with Crippen molar-refractivity contribution in [1.29, 1.82) is 0 Å². The summed E-state index contributed by atoms with van der Waals surface area (Å²) in [7, 11) is 0. The van der Waals surface area contributed by atoms with E-state index in [4.69, 9.17) is 14.2 Å². The maximum atomic E-state index is 12.9. The number of esters is 3. The maximum Gasteiger partial charge on any atom is 0.306 e. The Hall–Kier alpha value is -3.15. The van der Waals surface area contributed by atoms with E-state index in [-0.39, 0.29) is 31.1 Å². The van der Waals surface area contributed by atoms with Gasteiger partial charge in [-0.15, -0.1) is 0 Å². The van der Waals surface area contributed by atoms with Crippen molar-refractivity contribution in [2.75, 3.05) is 13.2 Å². The lowest BCUT2D eigenvalue weighted by atomic mass is 10.1. The van der Waals surface area contributed by atoms with Crippen LogP contribution in [-0.2, 0) is 28.6 Å². The van der Waals surface area contributed by atoms with Crippen LogP contribution in [0.3, 0.4) is 0 Å². The Kier molecular flexibility index (Phi) is 53.8. The third kappa shape index (κ3) is 53.8. The highest BCUT2D eigenvalue weighted by atomic mass is 16.6. The zero-order valence-electron chi connectivity index (χ0n) is 44.9. The fraction of sp³-hybridized carbons (Fsp3) is 0.758. The van der Waals surface area contributed by atoms with Crippen LogP contribution in [0.1, 0.15) is 284 Å². The molecule has 0 aliphatic carbocycles. The summed E-state index contributed by atoms with van der Waals surface area (Å²) < 4.78 is 16.9. The van der Waals surface area contributed by atoms with Crippen molar-refractivity contribution < 1.29 is 28.6 Å². The third-order valence-electron chi connectivity index (χ3n) is 12.4. The van der Waals surface area contributed by atoms with E-state index >= 15 is 0 Å². The van der Waals surface area contributed by atoms with Gasteiger partial charge in [0, 0.05) is 19.3 Å². The van der Waals surface area contributed by atoms with Crippen molar-refractivity contribution in [3.63, 3.8) is 0 Å². The SMILES string of the molecule is CC/C=C\C/C=C\C/C=C\CCCCCCCCCC(=O)OC(COC(=O)CCCCCCC/C=C\CCCCCCC)COC(=O)CCCCCCCCCCC/C=C\C/C=C\CCCCC. The molecule has 0 bridgehead atoms. The largest absolute Gasteiger partial charge is 0.462 e. The molecule has 0 radical (unpaired) electrons. The van der Waals surface area contributed by atoms with Gasteiger partial charge in [0.05, 0.1) is 0 Å². The quantitative estimate of drug-likeness (QED) is 0.0262. The lowest BCUT2D eigenvalue weighted by Gasteiger charge is -2.18. The van der Waals surface area contributed by atoms with E-state index in [0.29, 0.717) is 19.3 Å². The van der Waals surface area contributed by atoms with Gasteiger partial charge in [-0.25, -0.2) is 0 Å². The fourth-order valence-electron chi connectivity index (χ4n) is 8.07. The topological polar surface area (TPSA) is 78.9 Å². The molecular formula is C62H108O6. The van der Waals surface area contributed by atoms with Gasteiger partial charge in [0.1, 0.15) is 13.2 Å². The van der Waals surface area contributed by atoms with Crippen molar-refractivity contribution in [2.24, 2.45) is 0 Å². The Morgan fingerprint density at radius 2 is 0.574 bits per heavy atom. The van der Waals surface area contributed by atoms with E-state index in [0.717, 1.165) is 96.3 Å². The highest BCUT2D eigenvalue weighted by molar-refractivity contribution is 5.71. The normalized spacial score (nSPS) is 12.6. The number of hydrogen-bond donors (Lipinski definition) is 0. The fourth-order valence-corrected chi connectivity index (χ4v) is 8.07. The number of rotatable bonds is 52. The predicted molar refractivity (Wildman–Crippen MR) is 293 cm³/mol. The Balaban J connectivity index is 4.39. The van der Waals surface area contributed by atoms with Gasteiger partial charge >= 0.3 is 17.9 Å². The van der Waals surface area contributed by atoms with Crippen molar-refractivity contribution in [1.82, 2.24) is 0 Å². The summed E-state index contributed by atoms with van der Waals surface area (Å²) in [6, 6.07) is 0. The van der Waals surface area contributed by atoms with Crippen LogP contribution >= 0.6 is 0 Å². The molecule has 0 rings (SSSR count). The molecular weight excluding hydrogens is 841 g/mol. The zero-order valence-corrected chi connectivity index (χ0v) is 44.9. The van der Waals surface area contributed by atoms with Gasteiger partial charge in [-0.1, -0.05) is 229 Å². The summed E-state index contributed by atoms with van der Waals surface area (Å²) in [6.07, 6.45) is 71.7. The molecule has 0 aromatic heterocycles. The summed E-state index contributed by atoms with van der Waals surface area (Å²) in [5, 5.41) is 0. The molecule has 0 heterocycles. The molecule has 0 fully saturated rings. The van der Waals surface area contributed by atoms with Gasteiger partial charge in [0.15, 0.2) is 6.10 Å². The highest BCUT2D eigenvalue weighted by Gasteiger charge is 2.19. The molecule has 0 saturated carbocycles. The summed E-state index contributed by atoms with van der Waals surface area (Å²) in [5.41, 5.74) is 0. The number of carbonyl (C=O) groups excluding carboxylic acids is 3. The first-order chi connectivity index (χ1) is 33.5. The van der Waals surface area contributed by atoms with E-state index in [2.05, 4.69) is 93.7 Å². The van der Waals surface area contributed by atoms with Gasteiger partial charge in [0.25, 0.3) is 0 Å². The van der Waals surface area contributed by atoms with Crippen LogP contribution in [0, 0.1) is 0 Å². The molecule has 6 nitrogen and oxygen atoms in total. The highest BCUT2D eigenvalue weighted by Crippen LogP contribution is 2.15. The van der Waals surface area contributed by atoms with E-state index in [9.17, 15) is 14.4 Å². The van der Waals surface area contributed by atoms with E-state index < -0.39 is 6.10 Å². The molecule has 0 N–H and O–H groups in total. The molecule has 392 valence electrons. The Bertz CT molecular complexity index is 1270.